The summed E-state index contributed by atoms with van der Waals surface area (Å²) in [5.41, 5.74) is 2.94. The van der Waals surface area contributed by atoms with Crippen molar-refractivity contribution in [1.82, 2.24) is 10.2 Å². The number of nitrogens with one attached hydrogen (secondary N) is 1. The summed E-state index contributed by atoms with van der Waals surface area (Å²) in [5.74, 6) is 0. The van der Waals surface area contributed by atoms with Gasteiger partial charge in [-0.2, -0.15) is 0 Å². The SMILES string of the molecule is CN(C)CCCc1ccccc1N1CCNCC1. The Labute approximate surface area is 111 Å². The minimum absolute atomic E-state index is 1.10. The van der Waals surface area contributed by atoms with Gasteiger partial charge in [0.05, 0.1) is 0 Å². The van der Waals surface area contributed by atoms with Crippen molar-refractivity contribution in [1.29, 1.82) is 0 Å². The van der Waals surface area contributed by atoms with Crippen LogP contribution in [0.5, 0.6) is 0 Å². The van der Waals surface area contributed by atoms with Crippen LogP contribution in [0.15, 0.2) is 24.3 Å². The summed E-state index contributed by atoms with van der Waals surface area (Å²) >= 11 is 0. The Balaban J connectivity index is 2.00. The average molecular weight is 247 g/mol. The third-order valence-electron chi connectivity index (χ3n) is 3.50. The molecule has 1 fully saturated rings. The van der Waals surface area contributed by atoms with Crippen molar-refractivity contribution in [2.75, 3.05) is 51.7 Å². The first-order chi connectivity index (χ1) is 8.77. The second-order valence-electron chi connectivity index (χ2n) is 5.27. The van der Waals surface area contributed by atoms with Gasteiger partial charge in [-0.1, -0.05) is 18.2 Å². The van der Waals surface area contributed by atoms with Crippen molar-refractivity contribution in [3.8, 4) is 0 Å². The summed E-state index contributed by atoms with van der Waals surface area (Å²) in [6.45, 7) is 5.63. The smallest absolute Gasteiger partial charge is 0.0399 e. The zero-order valence-corrected chi connectivity index (χ0v) is 11.7. The van der Waals surface area contributed by atoms with Crippen molar-refractivity contribution >= 4 is 5.69 Å². The van der Waals surface area contributed by atoms with Crippen molar-refractivity contribution in [3.63, 3.8) is 0 Å². The lowest BCUT2D eigenvalue weighted by Crippen LogP contribution is -2.43. The molecular weight excluding hydrogens is 222 g/mol. The number of nitrogens with zero attached hydrogens (tertiary/aromatic N) is 2. The normalized spacial score (nSPS) is 16.3. The molecule has 18 heavy (non-hydrogen) atoms. The minimum Gasteiger partial charge on any atom is -0.369 e. The lowest BCUT2D eigenvalue weighted by Gasteiger charge is -2.31. The molecule has 1 aromatic carbocycles. The first-order valence-electron chi connectivity index (χ1n) is 6.95. The Morgan fingerprint density at radius 1 is 1.17 bits per heavy atom. The number of para-hydroxylation sites is 1. The number of anilines is 1. The fraction of sp³-hybridized carbons (Fsp3) is 0.600. The molecule has 0 saturated carbocycles. The lowest BCUT2D eigenvalue weighted by atomic mass is 10.1. The maximum atomic E-state index is 3.41. The summed E-state index contributed by atoms with van der Waals surface area (Å²) in [6.07, 6.45) is 2.41. The number of piperazine rings is 1. The Bertz CT molecular complexity index is 357. The van der Waals surface area contributed by atoms with E-state index in [1.54, 1.807) is 0 Å². The van der Waals surface area contributed by atoms with Gasteiger partial charge >= 0.3 is 0 Å². The van der Waals surface area contributed by atoms with Gasteiger partial charge in [0.2, 0.25) is 0 Å². The Morgan fingerprint density at radius 2 is 1.89 bits per heavy atom. The summed E-state index contributed by atoms with van der Waals surface area (Å²) in [6, 6.07) is 8.88. The van der Waals surface area contributed by atoms with E-state index in [0.29, 0.717) is 0 Å². The molecule has 0 radical (unpaired) electrons. The molecular formula is C15H25N3. The maximum absolute atomic E-state index is 3.41. The van der Waals surface area contributed by atoms with Crippen molar-refractivity contribution in [2.24, 2.45) is 0 Å². The van der Waals surface area contributed by atoms with Crippen LogP contribution >= 0.6 is 0 Å². The number of rotatable bonds is 5. The predicted octanol–water partition coefficient (Wildman–Crippen LogP) is 1.59. The van der Waals surface area contributed by atoms with Crippen molar-refractivity contribution in [3.05, 3.63) is 29.8 Å². The van der Waals surface area contributed by atoms with Crippen LogP contribution in [-0.4, -0.2) is 51.7 Å². The number of hydrogen-bond acceptors (Lipinski definition) is 3. The molecule has 1 aliphatic rings. The monoisotopic (exact) mass is 247 g/mol. The molecule has 0 atom stereocenters. The van der Waals surface area contributed by atoms with E-state index >= 15 is 0 Å². The quantitative estimate of drug-likeness (QED) is 0.852. The second kappa shape index (κ2) is 6.76. The van der Waals surface area contributed by atoms with Crippen LogP contribution in [0.1, 0.15) is 12.0 Å². The zero-order chi connectivity index (χ0) is 12.8. The van der Waals surface area contributed by atoms with E-state index in [0.717, 1.165) is 32.7 Å². The molecule has 1 aliphatic heterocycles. The maximum Gasteiger partial charge on any atom is 0.0399 e. The van der Waals surface area contributed by atoms with E-state index in [2.05, 4.69) is 53.5 Å². The molecule has 1 saturated heterocycles. The fourth-order valence-corrected chi connectivity index (χ4v) is 2.52. The molecule has 0 aromatic heterocycles. The first kappa shape index (κ1) is 13.4. The summed E-state index contributed by atoms with van der Waals surface area (Å²) in [4.78, 5) is 4.77. The third kappa shape index (κ3) is 3.72. The molecule has 100 valence electrons. The third-order valence-corrected chi connectivity index (χ3v) is 3.50. The minimum atomic E-state index is 1.10. The lowest BCUT2D eigenvalue weighted by molar-refractivity contribution is 0.400. The standard InChI is InChI=1S/C15H25N3/c1-17(2)11-5-7-14-6-3-4-8-15(14)18-12-9-16-10-13-18/h3-4,6,8,16H,5,7,9-13H2,1-2H3. The van der Waals surface area contributed by atoms with Crippen LogP contribution in [0.4, 0.5) is 5.69 Å². The molecule has 1 aromatic rings. The highest BCUT2D eigenvalue weighted by atomic mass is 15.2. The van der Waals surface area contributed by atoms with Crippen LogP contribution in [0.25, 0.3) is 0 Å². The van der Waals surface area contributed by atoms with Gasteiger partial charge in [-0.3, -0.25) is 0 Å². The van der Waals surface area contributed by atoms with E-state index in [4.69, 9.17) is 0 Å². The summed E-state index contributed by atoms with van der Waals surface area (Å²) in [7, 11) is 4.28. The fourth-order valence-electron chi connectivity index (χ4n) is 2.52. The Kier molecular flexibility index (Phi) is 5.02. The highest BCUT2D eigenvalue weighted by Crippen LogP contribution is 2.22. The zero-order valence-electron chi connectivity index (χ0n) is 11.7. The molecule has 3 heteroatoms. The van der Waals surface area contributed by atoms with E-state index in [9.17, 15) is 0 Å². The molecule has 0 unspecified atom stereocenters. The first-order valence-corrected chi connectivity index (χ1v) is 6.95. The van der Waals surface area contributed by atoms with Crippen LogP contribution in [0, 0.1) is 0 Å². The van der Waals surface area contributed by atoms with E-state index in [1.807, 2.05) is 0 Å². The highest BCUT2D eigenvalue weighted by molar-refractivity contribution is 5.54. The number of benzene rings is 1. The van der Waals surface area contributed by atoms with Crippen molar-refractivity contribution in [2.45, 2.75) is 12.8 Å². The van der Waals surface area contributed by atoms with Gasteiger partial charge in [0.1, 0.15) is 0 Å². The molecule has 0 spiro atoms. The van der Waals surface area contributed by atoms with Crippen molar-refractivity contribution < 1.29 is 0 Å². The van der Waals surface area contributed by atoms with Gasteiger partial charge < -0.3 is 15.1 Å². The molecule has 0 amide bonds. The van der Waals surface area contributed by atoms with Crippen LogP contribution < -0.4 is 10.2 Å². The Morgan fingerprint density at radius 3 is 2.61 bits per heavy atom. The predicted molar refractivity (Wildman–Crippen MR) is 78.4 cm³/mol. The highest BCUT2D eigenvalue weighted by Gasteiger charge is 2.13. The summed E-state index contributed by atoms with van der Waals surface area (Å²) in [5, 5.41) is 3.41. The van der Waals surface area contributed by atoms with Gasteiger partial charge in [-0.15, -0.1) is 0 Å². The van der Waals surface area contributed by atoms with Gasteiger partial charge in [0, 0.05) is 31.9 Å². The topological polar surface area (TPSA) is 18.5 Å². The number of hydrogen-bond donors (Lipinski definition) is 1. The van der Waals surface area contributed by atoms with Gasteiger partial charge in [0.25, 0.3) is 0 Å². The molecule has 1 N–H and O–H groups in total. The van der Waals surface area contributed by atoms with Gasteiger partial charge in [-0.05, 0) is 45.1 Å². The van der Waals surface area contributed by atoms with E-state index in [-0.39, 0.29) is 0 Å². The molecule has 1 heterocycles. The number of aryl methyl sites for hydroxylation is 1. The van der Waals surface area contributed by atoms with Crippen LogP contribution in [0.2, 0.25) is 0 Å². The molecule has 3 nitrogen and oxygen atoms in total. The molecule has 2 rings (SSSR count). The molecule has 0 bridgehead atoms. The van der Waals surface area contributed by atoms with Gasteiger partial charge in [0.15, 0.2) is 0 Å². The largest absolute Gasteiger partial charge is 0.369 e. The van der Waals surface area contributed by atoms with Crippen LogP contribution in [-0.2, 0) is 6.42 Å². The second-order valence-corrected chi connectivity index (χ2v) is 5.27. The van der Waals surface area contributed by atoms with E-state index < -0.39 is 0 Å². The van der Waals surface area contributed by atoms with Gasteiger partial charge in [-0.25, -0.2) is 0 Å². The average Bonchev–Trinajstić information content (AvgIpc) is 2.40. The molecule has 0 aliphatic carbocycles. The Hall–Kier alpha value is -1.06. The summed E-state index contributed by atoms with van der Waals surface area (Å²) < 4.78 is 0. The van der Waals surface area contributed by atoms with Crippen LogP contribution in [0.3, 0.4) is 0 Å². The van der Waals surface area contributed by atoms with E-state index in [1.165, 1.54) is 24.1 Å².